The molecule has 5 nitrogen and oxygen atoms in total. The van der Waals surface area contributed by atoms with Crippen molar-refractivity contribution >= 4 is 5.91 Å². The molecule has 1 amide bonds. The van der Waals surface area contributed by atoms with Crippen LogP contribution in [0.1, 0.15) is 65.7 Å². The number of carbonyl (C=O) groups excluding carboxylic acids is 1. The Hall–Kier alpha value is -0.650. The molecule has 4 rings (SSSR count). The van der Waals surface area contributed by atoms with Gasteiger partial charge in [-0.2, -0.15) is 0 Å². The van der Waals surface area contributed by atoms with Gasteiger partial charge in [-0.05, 0) is 67.1 Å². The molecular weight excluding hydrogens is 354 g/mol. The molecule has 0 unspecified atom stereocenters. The summed E-state index contributed by atoms with van der Waals surface area (Å²) >= 11 is 0. The molecule has 0 aromatic heterocycles. The van der Waals surface area contributed by atoms with E-state index in [1.54, 1.807) is 0 Å². The highest BCUT2D eigenvalue weighted by Crippen LogP contribution is 2.61. The van der Waals surface area contributed by atoms with Crippen LogP contribution in [0.5, 0.6) is 0 Å². The number of ether oxygens (including phenoxy) is 3. The van der Waals surface area contributed by atoms with Crippen molar-refractivity contribution in [2.75, 3.05) is 46.2 Å². The molecule has 5 heteroatoms. The van der Waals surface area contributed by atoms with Crippen molar-refractivity contribution in [2.45, 2.75) is 65.7 Å². The molecule has 4 aliphatic rings. The van der Waals surface area contributed by atoms with E-state index < -0.39 is 0 Å². The molecule has 4 aliphatic carbocycles. The molecule has 0 aliphatic heterocycles. The van der Waals surface area contributed by atoms with Gasteiger partial charge in [0.15, 0.2) is 0 Å². The van der Waals surface area contributed by atoms with Gasteiger partial charge in [-0.25, -0.2) is 0 Å². The highest BCUT2D eigenvalue weighted by atomic mass is 16.5. The Labute approximate surface area is 171 Å². The highest BCUT2D eigenvalue weighted by Gasteiger charge is 2.51. The molecule has 0 aromatic carbocycles. The maximum atomic E-state index is 12.4. The van der Waals surface area contributed by atoms with Gasteiger partial charge in [0.1, 0.15) is 0 Å². The minimum absolute atomic E-state index is 0.198. The van der Waals surface area contributed by atoms with Crippen molar-refractivity contribution in [1.82, 2.24) is 5.32 Å². The van der Waals surface area contributed by atoms with Crippen molar-refractivity contribution in [3.05, 3.63) is 0 Å². The standard InChI is InChI=1S/C23H41NO4/c1-22(2,3)17-28-9-8-27-7-6-26-5-4-24-21(25)16-23-13-18-10-19(14-23)12-20(11-18)15-23/h18-20H,4-17H2,1-3H3,(H,24,25). The lowest BCUT2D eigenvalue weighted by molar-refractivity contribution is -0.129. The third-order valence-corrected chi connectivity index (χ3v) is 6.55. The molecule has 28 heavy (non-hydrogen) atoms. The number of carbonyl (C=O) groups is 1. The lowest BCUT2D eigenvalue weighted by Gasteiger charge is -2.56. The molecule has 0 aromatic rings. The van der Waals surface area contributed by atoms with E-state index in [1.165, 1.54) is 38.5 Å². The SMILES string of the molecule is CC(C)(C)COCCOCCOCCNC(=O)CC12CC3CC(CC(C3)C1)C2. The predicted octanol–water partition coefficient (Wildman–Crippen LogP) is 3.81. The zero-order valence-electron chi connectivity index (χ0n) is 18.3. The summed E-state index contributed by atoms with van der Waals surface area (Å²) in [6.45, 7) is 10.7. The fourth-order valence-corrected chi connectivity index (χ4v) is 5.99. The summed E-state index contributed by atoms with van der Waals surface area (Å²) in [6, 6.07) is 0. The normalized spacial score (nSPS) is 31.3. The van der Waals surface area contributed by atoms with Crippen LogP contribution >= 0.6 is 0 Å². The molecule has 1 N–H and O–H groups in total. The molecule has 0 saturated heterocycles. The Morgan fingerprint density at radius 2 is 1.36 bits per heavy atom. The zero-order valence-corrected chi connectivity index (χ0v) is 18.3. The predicted molar refractivity (Wildman–Crippen MR) is 110 cm³/mol. The number of amides is 1. The quantitative estimate of drug-likeness (QED) is 0.511. The van der Waals surface area contributed by atoms with Crippen LogP contribution in [0.4, 0.5) is 0 Å². The molecule has 0 spiro atoms. The lowest BCUT2D eigenvalue weighted by atomic mass is 9.49. The highest BCUT2D eigenvalue weighted by molar-refractivity contribution is 5.76. The average molecular weight is 396 g/mol. The average Bonchev–Trinajstić information content (AvgIpc) is 2.57. The third kappa shape index (κ3) is 7.00. The summed E-state index contributed by atoms with van der Waals surface area (Å²) < 4.78 is 16.6. The van der Waals surface area contributed by atoms with Gasteiger partial charge in [0.2, 0.25) is 5.91 Å². The van der Waals surface area contributed by atoms with Crippen LogP contribution in [-0.4, -0.2) is 52.1 Å². The lowest BCUT2D eigenvalue weighted by Crippen LogP contribution is -2.48. The first kappa shape index (κ1) is 22.0. The van der Waals surface area contributed by atoms with E-state index in [0.29, 0.717) is 45.0 Å². The van der Waals surface area contributed by atoms with Gasteiger partial charge in [0, 0.05) is 13.0 Å². The fraction of sp³-hybridized carbons (Fsp3) is 0.957. The van der Waals surface area contributed by atoms with E-state index in [1.807, 2.05) is 0 Å². The third-order valence-electron chi connectivity index (χ3n) is 6.55. The maximum Gasteiger partial charge on any atom is 0.220 e. The van der Waals surface area contributed by atoms with Gasteiger partial charge in [-0.1, -0.05) is 20.8 Å². The molecule has 162 valence electrons. The van der Waals surface area contributed by atoms with E-state index >= 15 is 0 Å². The summed E-state index contributed by atoms with van der Waals surface area (Å²) in [4.78, 5) is 12.4. The van der Waals surface area contributed by atoms with Crippen LogP contribution < -0.4 is 5.32 Å². The van der Waals surface area contributed by atoms with Crippen LogP contribution in [0.15, 0.2) is 0 Å². The van der Waals surface area contributed by atoms with E-state index in [0.717, 1.165) is 30.8 Å². The van der Waals surface area contributed by atoms with Crippen molar-refractivity contribution in [2.24, 2.45) is 28.6 Å². The van der Waals surface area contributed by atoms with E-state index in [-0.39, 0.29) is 11.3 Å². The Bertz CT molecular complexity index is 464. The molecule has 0 radical (unpaired) electrons. The number of hydrogen-bond donors (Lipinski definition) is 1. The van der Waals surface area contributed by atoms with Crippen molar-refractivity contribution in [3.63, 3.8) is 0 Å². The van der Waals surface area contributed by atoms with E-state index in [2.05, 4.69) is 26.1 Å². The fourth-order valence-electron chi connectivity index (χ4n) is 5.99. The summed E-state index contributed by atoms with van der Waals surface area (Å²) in [5.41, 5.74) is 0.520. The molecule has 4 bridgehead atoms. The first-order chi connectivity index (χ1) is 13.3. The smallest absolute Gasteiger partial charge is 0.220 e. The molecule has 0 heterocycles. The van der Waals surface area contributed by atoms with E-state index in [4.69, 9.17) is 14.2 Å². The summed E-state index contributed by atoms with van der Waals surface area (Å²) in [5, 5.41) is 3.07. The van der Waals surface area contributed by atoms with Crippen LogP contribution in [-0.2, 0) is 19.0 Å². The van der Waals surface area contributed by atoms with E-state index in [9.17, 15) is 4.79 Å². The molecule has 4 fully saturated rings. The molecular formula is C23H41NO4. The minimum atomic E-state index is 0.198. The zero-order chi connectivity index (χ0) is 20.0. The monoisotopic (exact) mass is 395 g/mol. The second-order valence-electron chi connectivity index (χ2n) is 10.8. The Balaban J connectivity index is 1.16. The number of rotatable bonds is 12. The van der Waals surface area contributed by atoms with Crippen molar-refractivity contribution < 1.29 is 19.0 Å². The van der Waals surface area contributed by atoms with Crippen LogP contribution in [0, 0.1) is 28.6 Å². The Morgan fingerprint density at radius 3 is 1.89 bits per heavy atom. The largest absolute Gasteiger partial charge is 0.379 e. The number of hydrogen-bond acceptors (Lipinski definition) is 4. The van der Waals surface area contributed by atoms with Gasteiger partial charge in [0.05, 0.1) is 39.6 Å². The van der Waals surface area contributed by atoms with Gasteiger partial charge in [-0.3, -0.25) is 4.79 Å². The Morgan fingerprint density at radius 1 is 0.857 bits per heavy atom. The van der Waals surface area contributed by atoms with Crippen LogP contribution in [0.25, 0.3) is 0 Å². The second-order valence-corrected chi connectivity index (χ2v) is 10.8. The maximum absolute atomic E-state index is 12.4. The summed E-state index contributed by atoms with van der Waals surface area (Å²) in [5.74, 6) is 2.93. The molecule has 0 atom stereocenters. The van der Waals surface area contributed by atoms with Crippen LogP contribution in [0.2, 0.25) is 0 Å². The minimum Gasteiger partial charge on any atom is -0.379 e. The molecule has 4 saturated carbocycles. The van der Waals surface area contributed by atoms with Gasteiger partial charge in [0.25, 0.3) is 0 Å². The van der Waals surface area contributed by atoms with Gasteiger partial charge < -0.3 is 19.5 Å². The first-order valence-electron chi connectivity index (χ1n) is 11.3. The van der Waals surface area contributed by atoms with Gasteiger partial charge in [-0.15, -0.1) is 0 Å². The van der Waals surface area contributed by atoms with Gasteiger partial charge >= 0.3 is 0 Å². The number of nitrogens with one attached hydrogen (secondary N) is 1. The second kappa shape index (κ2) is 9.90. The van der Waals surface area contributed by atoms with Crippen molar-refractivity contribution in [3.8, 4) is 0 Å². The van der Waals surface area contributed by atoms with Crippen molar-refractivity contribution in [1.29, 1.82) is 0 Å². The Kier molecular flexibility index (Phi) is 7.80. The summed E-state index contributed by atoms with van der Waals surface area (Å²) in [7, 11) is 0. The van der Waals surface area contributed by atoms with Crippen LogP contribution in [0.3, 0.4) is 0 Å². The topological polar surface area (TPSA) is 56.8 Å². The first-order valence-corrected chi connectivity index (χ1v) is 11.3. The summed E-state index contributed by atoms with van der Waals surface area (Å²) in [6.07, 6.45) is 8.89.